The highest BCUT2D eigenvalue weighted by Crippen LogP contribution is 2.28. The zero-order valence-electron chi connectivity index (χ0n) is 29.9. The molecule has 3 aromatic carbocycles. The highest BCUT2D eigenvalue weighted by Gasteiger charge is 2.27. The molecule has 54 heavy (non-hydrogen) atoms. The van der Waals surface area contributed by atoms with E-state index in [1.807, 2.05) is 16.7 Å². The van der Waals surface area contributed by atoms with E-state index in [-0.39, 0.29) is 42.5 Å². The third-order valence-electron chi connectivity index (χ3n) is 8.64. The number of unbranched alkanes of at least 4 members (excludes halogenated alkanes) is 2. The standard InChI is InChI=1S/C38H45ClN6O8S/c1-2-3-15-33-42-36(39)31(25-46)45(33)24-27-17-19-28(20-18-27)29-13-7-8-14-32(29)54(52,53)44-34(47)16-9-10-21-40-35(48)23-41-37(49)30(38(50)43-51)22-26-11-5-4-6-12-26/h4-8,11-14,17-20,30,46,51H,2-3,9-10,15-16,21-25H2,1H3,(H,40,48)(H,41,49)(H,43,50)(H,44,47). The molecular weight excluding hydrogens is 736 g/mol. The van der Waals surface area contributed by atoms with Gasteiger partial charge in [-0.1, -0.05) is 97.7 Å². The van der Waals surface area contributed by atoms with Crippen molar-refractivity contribution in [2.75, 3.05) is 13.1 Å². The summed E-state index contributed by atoms with van der Waals surface area (Å²) in [5, 5.41) is 24.2. The smallest absolute Gasteiger partial charge is 0.264 e. The third kappa shape index (κ3) is 11.7. The summed E-state index contributed by atoms with van der Waals surface area (Å²) in [5.74, 6) is -3.34. The van der Waals surface area contributed by atoms with Gasteiger partial charge in [0.25, 0.3) is 15.9 Å². The fraction of sp³-hybridized carbons (Fsp3) is 0.342. The Balaban J connectivity index is 1.26. The maximum atomic E-state index is 13.3. The Morgan fingerprint density at radius 2 is 1.56 bits per heavy atom. The average molecular weight is 781 g/mol. The maximum absolute atomic E-state index is 13.3. The van der Waals surface area contributed by atoms with Gasteiger partial charge >= 0.3 is 0 Å². The first-order chi connectivity index (χ1) is 26.0. The largest absolute Gasteiger partial charge is 0.390 e. The van der Waals surface area contributed by atoms with Crippen molar-refractivity contribution in [1.29, 1.82) is 0 Å². The molecule has 16 heteroatoms. The number of aryl methyl sites for hydroxylation is 1. The van der Waals surface area contributed by atoms with Gasteiger partial charge in [0.1, 0.15) is 11.7 Å². The Morgan fingerprint density at radius 1 is 0.852 bits per heavy atom. The van der Waals surface area contributed by atoms with E-state index in [2.05, 4.69) is 27.3 Å². The van der Waals surface area contributed by atoms with Crippen molar-refractivity contribution < 1.29 is 37.9 Å². The first-order valence-corrected chi connectivity index (χ1v) is 19.4. The van der Waals surface area contributed by atoms with Crippen LogP contribution in [0.1, 0.15) is 61.7 Å². The number of hydroxylamine groups is 1. The SMILES string of the molecule is CCCCc1nc(Cl)c(CO)n1Cc1ccc(-c2ccccc2S(=O)(=O)NC(=O)CCCCNC(=O)CNC(=O)C(Cc2ccccc2)C(=O)NO)cc1. The molecule has 0 aliphatic carbocycles. The molecule has 4 aromatic rings. The topological polar surface area (TPSA) is 209 Å². The van der Waals surface area contributed by atoms with Crippen LogP contribution in [-0.4, -0.2) is 65.0 Å². The van der Waals surface area contributed by atoms with Gasteiger partial charge in [-0.05, 0) is 48.4 Å². The molecule has 0 spiro atoms. The van der Waals surface area contributed by atoms with E-state index >= 15 is 0 Å². The van der Waals surface area contributed by atoms with Crippen LogP contribution in [0.4, 0.5) is 0 Å². The summed E-state index contributed by atoms with van der Waals surface area (Å²) in [7, 11) is -4.23. The van der Waals surface area contributed by atoms with Crippen LogP contribution in [0, 0.1) is 5.92 Å². The summed E-state index contributed by atoms with van der Waals surface area (Å²) >= 11 is 6.29. The van der Waals surface area contributed by atoms with E-state index in [0.29, 0.717) is 35.3 Å². The number of carbonyl (C=O) groups is 4. The van der Waals surface area contributed by atoms with Crippen LogP contribution in [-0.2, 0) is 55.2 Å². The molecule has 0 aliphatic rings. The Hall–Kier alpha value is -5.09. The van der Waals surface area contributed by atoms with Crippen LogP contribution in [0.15, 0.2) is 83.8 Å². The summed E-state index contributed by atoms with van der Waals surface area (Å²) in [6, 6.07) is 22.4. The quantitative estimate of drug-likeness (QED) is 0.0334. The van der Waals surface area contributed by atoms with Gasteiger partial charge in [-0.15, -0.1) is 0 Å². The van der Waals surface area contributed by atoms with Gasteiger partial charge in [0.15, 0.2) is 5.15 Å². The number of halogens is 1. The molecule has 288 valence electrons. The number of nitrogens with zero attached hydrogens (tertiary/aromatic N) is 2. The van der Waals surface area contributed by atoms with Crippen molar-refractivity contribution in [3.63, 3.8) is 0 Å². The van der Waals surface area contributed by atoms with Crippen molar-refractivity contribution in [2.24, 2.45) is 5.92 Å². The van der Waals surface area contributed by atoms with E-state index in [0.717, 1.165) is 30.7 Å². The normalized spacial score (nSPS) is 11.8. The molecule has 4 amide bonds. The highest BCUT2D eigenvalue weighted by molar-refractivity contribution is 7.90. The predicted molar refractivity (Wildman–Crippen MR) is 202 cm³/mol. The molecule has 6 N–H and O–H groups in total. The number of rotatable bonds is 20. The van der Waals surface area contributed by atoms with Crippen LogP contribution >= 0.6 is 11.6 Å². The molecule has 0 bridgehead atoms. The van der Waals surface area contributed by atoms with Crippen LogP contribution in [0.2, 0.25) is 5.15 Å². The van der Waals surface area contributed by atoms with E-state index in [1.165, 1.54) is 11.5 Å². The van der Waals surface area contributed by atoms with Gasteiger partial charge in [0.05, 0.1) is 23.7 Å². The molecule has 1 unspecified atom stereocenters. The molecule has 0 fully saturated rings. The minimum absolute atomic E-state index is 0.0222. The Morgan fingerprint density at radius 3 is 2.24 bits per heavy atom. The van der Waals surface area contributed by atoms with Crippen molar-refractivity contribution in [2.45, 2.75) is 69.9 Å². The minimum atomic E-state index is -4.23. The molecular formula is C38H45ClN6O8S. The highest BCUT2D eigenvalue weighted by atomic mass is 35.5. The van der Waals surface area contributed by atoms with E-state index < -0.39 is 46.1 Å². The number of aliphatic hydroxyl groups excluding tert-OH is 1. The molecule has 1 atom stereocenters. The second-order valence-corrected chi connectivity index (χ2v) is 14.6. The van der Waals surface area contributed by atoms with Gasteiger partial charge in [0, 0.05) is 31.5 Å². The Labute approximate surface area is 319 Å². The van der Waals surface area contributed by atoms with Crippen LogP contribution in [0.5, 0.6) is 0 Å². The van der Waals surface area contributed by atoms with Gasteiger partial charge in [-0.3, -0.25) is 24.4 Å². The summed E-state index contributed by atoms with van der Waals surface area (Å²) < 4.78 is 30.7. The van der Waals surface area contributed by atoms with Crippen molar-refractivity contribution in [1.82, 2.24) is 30.4 Å². The predicted octanol–water partition coefficient (Wildman–Crippen LogP) is 3.66. The number of aliphatic hydroxyl groups is 1. The lowest BCUT2D eigenvalue weighted by molar-refractivity contribution is -0.141. The maximum Gasteiger partial charge on any atom is 0.264 e. The third-order valence-corrected chi connectivity index (χ3v) is 10.4. The minimum Gasteiger partial charge on any atom is -0.390 e. The summed E-state index contributed by atoms with van der Waals surface area (Å²) in [5.41, 5.74) is 4.64. The number of aromatic nitrogens is 2. The number of hydrogen-bond acceptors (Lipinski definition) is 9. The fourth-order valence-corrected chi connectivity index (χ4v) is 7.26. The van der Waals surface area contributed by atoms with Gasteiger partial charge in [0.2, 0.25) is 17.7 Å². The second kappa shape index (κ2) is 20.4. The van der Waals surface area contributed by atoms with Gasteiger partial charge in [-0.25, -0.2) is 23.6 Å². The Bertz CT molecular complexity index is 2010. The monoisotopic (exact) mass is 780 g/mol. The van der Waals surface area contributed by atoms with Crippen molar-refractivity contribution >= 4 is 45.3 Å². The number of amides is 4. The number of nitrogens with one attached hydrogen (secondary N) is 4. The summed E-state index contributed by atoms with van der Waals surface area (Å²) in [4.78, 5) is 54.0. The molecule has 14 nitrogen and oxygen atoms in total. The van der Waals surface area contributed by atoms with Crippen LogP contribution < -0.4 is 20.8 Å². The van der Waals surface area contributed by atoms with Gasteiger partial charge in [-0.2, -0.15) is 0 Å². The number of benzene rings is 3. The lowest BCUT2D eigenvalue weighted by Gasteiger charge is -2.15. The lowest BCUT2D eigenvalue weighted by Crippen LogP contribution is -2.45. The molecule has 0 saturated heterocycles. The number of carbonyl (C=O) groups excluding carboxylic acids is 4. The summed E-state index contributed by atoms with van der Waals surface area (Å²) in [6.07, 6.45) is 3.15. The zero-order chi connectivity index (χ0) is 39.1. The van der Waals surface area contributed by atoms with Gasteiger partial charge < -0.3 is 20.3 Å². The fourth-order valence-electron chi connectivity index (χ4n) is 5.76. The van der Waals surface area contributed by atoms with Crippen LogP contribution in [0.25, 0.3) is 11.1 Å². The van der Waals surface area contributed by atoms with Crippen molar-refractivity contribution in [3.05, 3.63) is 107 Å². The van der Waals surface area contributed by atoms with E-state index in [9.17, 15) is 32.7 Å². The van der Waals surface area contributed by atoms with Crippen LogP contribution in [0.3, 0.4) is 0 Å². The molecule has 0 saturated carbocycles. The molecule has 0 aliphatic heterocycles. The number of sulfonamides is 1. The lowest BCUT2D eigenvalue weighted by atomic mass is 9.98. The number of hydrogen-bond donors (Lipinski definition) is 6. The molecule has 1 aromatic heterocycles. The molecule has 4 rings (SSSR count). The first-order valence-electron chi connectivity index (χ1n) is 17.6. The second-order valence-electron chi connectivity index (χ2n) is 12.6. The average Bonchev–Trinajstić information content (AvgIpc) is 3.47. The number of imidazole rings is 1. The summed E-state index contributed by atoms with van der Waals surface area (Å²) in [6.45, 7) is 2.00. The zero-order valence-corrected chi connectivity index (χ0v) is 31.5. The van der Waals surface area contributed by atoms with E-state index in [4.69, 9.17) is 16.8 Å². The molecule has 0 radical (unpaired) electrons. The first kappa shape index (κ1) is 41.7. The Kier molecular flexibility index (Phi) is 15.7. The van der Waals surface area contributed by atoms with E-state index in [1.54, 1.807) is 60.7 Å². The van der Waals surface area contributed by atoms with Crippen molar-refractivity contribution in [3.8, 4) is 11.1 Å². The molecule has 1 heterocycles.